The van der Waals surface area contributed by atoms with Gasteiger partial charge < -0.3 is 19.3 Å². The minimum atomic E-state index is -0.902. The molecule has 0 spiro atoms. The molecule has 0 fully saturated rings. The zero-order valence-corrected chi connectivity index (χ0v) is 21.8. The van der Waals surface area contributed by atoms with Crippen LogP contribution in [0.2, 0.25) is 5.02 Å². The van der Waals surface area contributed by atoms with Crippen molar-refractivity contribution >= 4 is 35.3 Å². The topological polar surface area (TPSA) is 85.3 Å². The predicted octanol–water partition coefficient (Wildman–Crippen LogP) is 6.80. The highest BCUT2D eigenvalue weighted by atomic mass is 35.5. The monoisotopic (exact) mass is 561 g/mol. The van der Waals surface area contributed by atoms with Crippen molar-refractivity contribution in [2.24, 2.45) is 0 Å². The summed E-state index contributed by atoms with van der Waals surface area (Å²) < 4.78 is 30.9. The summed E-state index contributed by atoms with van der Waals surface area (Å²) in [6.07, 6.45) is 0.110. The summed E-state index contributed by atoms with van der Waals surface area (Å²) in [5.74, 6) is -0.866. The molecule has 38 heavy (non-hydrogen) atoms. The number of alkyl halides is 1. The van der Waals surface area contributed by atoms with E-state index in [1.165, 1.54) is 12.1 Å². The van der Waals surface area contributed by atoms with Gasteiger partial charge in [-0.2, -0.15) is 0 Å². The number of carbonyl (C=O) groups excluding carboxylic acids is 1. The van der Waals surface area contributed by atoms with Crippen LogP contribution in [0.25, 0.3) is 0 Å². The van der Waals surface area contributed by atoms with Gasteiger partial charge in [-0.25, -0.2) is 4.42 Å². The molecule has 0 saturated carbocycles. The van der Waals surface area contributed by atoms with Crippen molar-refractivity contribution in [3.63, 3.8) is 0 Å². The van der Waals surface area contributed by atoms with Gasteiger partial charge in [0.15, 0.2) is 0 Å². The van der Waals surface area contributed by atoms with Crippen LogP contribution in [0.1, 0.15) is 46.3 Å². The van der Waals surface area contributed by atoms with Gasteiger partial charge in [-0.3, -0.25) is 14.0 Å². The first-order valence-corrected chi connectivity index (χ1v) is 12.8. The molecule has 200 valence electrons. The number of hydrogen-bond acceptors (Lipinski definition) is 5. The fourth-order valence-corrected chi connectivity index (χ4v) is 4.55. The molecule has 0 aliphatic carbocycles. The third-order valence-electron chi connectivity index (χ3n) is 6.04. The second-order valence-electron chi connectivity index (χ2n) is 8.64. The van der Waals surface area contributed by atoms with Gasteiger partial charge in [0.25, 0.3) is 5.91 Å². The Morgan fingerprint density at radius 3 is 2.63 bits per heavy atom. The van der Waals surface area contributed by atoms with Crippen molar-refractivity contribution in [2.45, 2.75) is 24.9 Å². The van der Waals surface area contributed by atoms with E-state index in [1.807, 2.05) is 30.3 Å². The molecule has 4 rings (SSSR count). The van der Waals surface area contributed by atoms with E-state index in [1.54, 1.807) is 24.3 Å². The van der Waals surface area contributed by atoms with E-state index in [9.17, 15) is 19.1 Å². The molecule has 10 heteroatoms. The molecule has 0 radical (unpaired) electrons. The Balaban J connectivity index is 1.44. The minimum Gasteiger partial charge on any atom is -0.493 e. The quantitative estimate of drug-likeness (QED) is 0.205. The van der Waals surface area contributed by atoms with Crippen molar-refractivity contribution in [1.29, 1.82) is 0 Å². The minimum absolute atomic E-state index is 0.0407. The van der Waals surface area contributed by atoms with Gasteiger partial charge in [-0.1, -0.05) is 48.0 Å². The van der Waals surface area contributed by atoms with Crippen LogP contribution in [0.3, 0.4) is 0 Å². The molecule has 1 N–H and O–H groups in total. The normalized spacial score (nSPS) is 15.2. The van der Waals surface area contributed by atoms with E-state index in [0.29, 0.717) is 35.8 Å². The predicted molar refractivity (Wildman–Crippen MR) is 141 cm³/mol. The number of fused-ring (bicyclic) bond motifs is 1. The van der Waals surface area contributed by atoms with E-state index in [4.69, 9.17) is 37.6 Å². The zero-order chi connectivity index (χ0) is 27.1. The maximum atomic E-state index is 13.0. The Hall–Kier alpha value is -3.33. The number of halogens is 3. The fourth-order valence-electron chi connectivity index (χ4n) is 4.10. The van der Waals surface area contributed by atoms with E-state index < -0.39 is 30.6 Å². The number of carbonyl (C=O) groups is 2. The largest absolute Gasteiger partial charge is 0.493 e. The van der Waals surface area contributed by atoms with Gasteiger partial charge in [-0.15, -0.1) is 0 Å². The van der Waals surface area contributed by atoms with Crippen LogP contribution in [-0.2, 0) is 9.53 Å². The summed E-state index contributed by atoms with van der Waals surface area (Å²) in [5.41, 5.74) is 1.65. The molecular weight excluding hydrogens is 536 g/mol. The Morgan fingerprint density at radius 1 is 1.13 bits per heavy atom. The smallest absolute Gasteiger partial charge is 0.311 e. The molecule has 0 aromatic heterocycles. The van der Waals surface area contributed by atoms with Crippen molar-refractivity contribution in [3.05, 3.63) is 88.4 Å². The summed E-state index contributed by atoms with van der Waals surface area (Å²) in [6, 6.07) is 18.7. The van der Waals surface area contributed by atoms with Crippen molar-refractivity contribution < 1.29 is 33.3 Å². The summed E-state index contributed by atoms with van der Waals surface area (Å²) in [6.45, 7) is 0.0295. The first-order valence-electron chi connectivity index (χ1n) is 12.0. The van der Waals surface area contributed by atoms with Crippen molar-refractivity contribution in [1.82, 2.24) is 4.42 Å². The van der Waals surface area contributed by atoms with E-state index in [2.05, 4.69) is 0 Å². The van der Waals surface area contributed by atoms with Gasteiger partial charge in [0.1, 0.15) is 23.4 Å². The molecule has 2 atom stereocenters. The van der Waals surface area contributed by atoms with Gasteiger partial charge in [-0.05, 0) is 42.7 Å². The first kappa shape index (κ1) is 27.7. The third-order valence-corrected chi connectivity index (χ3v) is 6.63. The van der Waals surface area contributed by atoms with E-state index >= 15 is 0 Å². The molecule has 1 aliphatic heterocycles. The standard InChI is InChI=1S/C28H26Cl2FNO6/c29-23-15-19(27(33)32(30)17-26(36-13-4-12-31)18-5-2-1-3-6-18)7-10-24(23)38-20-8-9-21-22(28(34)35)11-14-37-25(21)16-20/h1-3,5-10,15-16,22,26H,4,11-14,17H2,(H,34,35). The lowest BCUT2D eigenvalue weighted by atomic mass is 9.93. The van der Waals surface area contributed by atoms with Crippen molar-refractivity contribution in [2.75, 3.05) is 26.4 Å². The van der Waals surface area contributed by atoms with Crippen LogP contribution >= 0.6 is 23.4 Å². The Kier molecular flexibility index (Phi) is 9.44. The number of carboxylic acid groups (broad SMARTS) is 1. The number of amides is 1. The zero-order valence-electron chi connectivity index (χ0n) is 20.3. The number of hydrogen-bond donors (Lipinski definition) is 1. The number of rotatable bonds is 11. The third kappa shape index (κ3) is 6.75. The highest BCUT2D eigenvalue weighted by molar-refractivity contribution is 6.32. The number of carboxylic acids is 1. The summed E-state index contributed by atoms with van der Waals surface area (Å²) in [7, 11) is 0. The molecule has 3 aromatic rings. The second-order valence-corrected chi connectivity index (χ2v) is 9.45. The number of ether oxygens (including phenoxy) is 3. The van der Waals surface area contributed by atoms with Gasteiger partial charge in [0.2, 0.25) is 0 Å². The highest BCUT2D eigenvalue weighted by Gasteiger charge is 2.28. The molecule has 1 heterocycles. The Morgan fingerprint density at radius 2 is 1.92 bits per heavy atom. The summed E-state index contributed by atoms with van der Waals surface area (Å²) in [4.78, 5) is 24.5. The summed E-state index contributed by atoms with van der Waals surface area (Å²) in [5, 5.41) is 9.61. The first-order chi connectivity index (χ1) is 18.4. The van der Waals surface area contributed by atoms with Gasteiger partial charge in [0, 0.05) is 35.6 Å². The number of aliphatic carboxylic acids is 1. The number of benzene rings is 3. The van der Waals surface area contributed by atoms with Crippen LogP contribution in [0, 0.1) is 0 Å². The maximum absolute atomic E-state index is 13.0. The molecule has 1 aliphatic rings. The average molecular weight is 562 g/mol. The van der Waals surface area contributed by atoms with Crippen molar-refractivity contribution in [3.8, 4) is 17.2 Å². The maximum Gasteiger partial charge on any atom is 0.311 e. The van der Waals surface area contributed by atoms with Crippen LogP contribution < -0.4 is 9.47 Å². The lowest BCUT2D eigenvalue weighted by Crippen LogP contribution is -2.28. The Labute approximate surface area is 229 Å². The van der Waals surface area contributed by atoms with E-state index in [-0.39, 0.29) is 30.2 Å². The van der Waals surface area contributed by atoms with Gasteiger partial charge in [0.05, 0.1) is 30.8 Å². The lowest BCUT2D eigenvalue weighted by molar-refractivity contribution is -0.139. The average Bonchev–Trinajstić information content (AvgIpc) is 2.93. The molecule has 0 saturated heterocycles. The van der Waals surface area contributed by atoms with Crippen LogP contribution in [0.5, 0.6) is 17.2 Å². The highest BCUT2D eigenvalue weighted by Crippen LogP contribution is 2.38. The fraction of sp³-hybridized carbons (Fsp3) is 0.286. The molecule has 7 nitrogen and oxygen atoms in total. The number of nitrogens with zero attached hydrogens (tertiary/aromatic N) is 1. The molecule has 1 amide bonds. The molecule has 2 unspecified atom stereocenters. The Bertz CT molecular complexity index is 1280. The summed E-state index contributed by atoms with van der Waals surface area (Å²) >= 11 is 12.8. The van der Waals surface area contributed by atoms with Crippen LogP contribution in [0.15, 0.2) is 66.7 Å². The molecule has 3 aromatic carbocycles. The van der Waals surface area contributed by atoms with E-state index in [0.717, 1.165) is 9.98 Å². The second kappa shape index (κ2) is 13.0. The molecular formula is C28H26Cl2FNO6. The van der Waals surface area contributed by atoms with Gasteiger partial charge >= 0.3 is 5.97 Å². The van der Waals surface area contributed by atoms with Crippen LogP contribution in [0.4, 0.5) is 4.39 Å². The lowest BCUT2D eigenvalue weighted by Gasteiger charge is -2.23. The SMILES string of the molecule is O=C(O)C1CCOc2cc(Oc3ccc(C(=O)N(Cl)CC(OCCCF)c4ccccc4)cc3Cl)ccc21. The van der Waals surface area contributed by atoms with Crippen LogP contribution in [-0.4, -0.2) is 47.8 Å². The molecule has 0 bridgehead atoms.